The second-order valence-electron chi connectivity index (χ2n) is 8.62. The summed E-state index contributed by atoms with van der Waals surface area (Å²) in [5.74, 6) is 2.29. The zero-order valence-corrected chi connectivity index (χ0v) is 18.3. The van der Waals surface area contributed by atoms with Crippen molar-refractivity contribution >= 4 is 6.34 Å². The van der Waals surface area contributed by atoms with Gasteiger partial charge in [0.1, 0.15) is 12.2 Å². The van der Waals surface area contributed by atoms with E-state index < -0.39 is 0 Å². The topological polar surface area (TPSA) is 77.7 Å². The van der Waals surface area contributed by atoms with E-state index in [1.807, 2.05) is 6.08 Å². The van der Waals surface area contributed by atoms with Gasteiger partial charge in [-0.1, -0.05) is 39.5 Å². The Hall–Kier alpha value is -1.11. The molecule has 2 fully saturated rings. The number of nitrogens with one attached hydrogen (secondary N) is 3. The Balaban J connectivity index is 1.50. The molecule has 5 N–H and O–H groups in total. The van der Waals surface area contributed by atoms with Gasteiger partial charge < -0.3 is 16.5 Å². The van der Waals surface area contributed by atoms with Crippen LogP contribution in [-0.4, -0.2) is 50.0 Å². The summed E-state index contributed by atoms with van der Waals surface area (Å²) in [7, 11) is 0. The highest BCUT2D eigenvalue weighted by Crippen LogP contribution is 2.26. The van der Waals surface area contributed by atoms with Gasteiger partial charge in [-0.25, -0.2) is 10.4 Å². The summed E-state index contributed by atoms with van der Waals surface area (Å²) in [6.07, 6.45) is 15.6. The largest absolute Gasteiger partial charge is 0.384 e. The Bertz CT molecular complexity index is 458. The molecule has 0 aromatic heterocycles. The smallest absolute Gasteiger partial charge is 0.122 e. The molecule has 0 radical (unpaired) electrons. The molecule has 1 aliphatic carbocycles. The maximum Gasteiger partial charge on any atom is 0.122 e. The van der Waals surface area contributed by atoms with Crippen LogP contribution in [0.4, 0.5) is 0 Å². The van der Waals surface area contributed by atoms with Crippen LogP contribution in [0.5, 0.6) is 0 Å². The second-order valence-corrected chi connectivity index (χ2v) is 8.62. The van der Waals surface area contributed by atoms with Crippen molar-refractivity contribution in [3.05, 3.63) is 11.9 Å². The van der Waals surface area contributed by atoms with Crippen molar-refractivity contribution in [1.82, 2.24) is 21.1 Å². The molecule has 2 rings (SSSR count). The number of hydrogen-bond acceptors (Lipinski definition) is 5. The molecular weight excluding hydrogens is 348 g/mol. The Labute approximate surface area is 172 Å². The molecule has 0 aromatic rings. The summed E-state index contributed by atoms with van der Waals surface area (Å²) in [4.78, 5) is 6.77. The number of rotatable bonds is 11. The quantitative estimate of drug-likeness (QED) is 0.188. The van der Waals surface area contributed by atoms with Crippen molar-refractivity contribution < 1.29 is 0 Å². The minimum Gasteiger partial charge on any atom is -0.384 e. The van der Waals surface area contributed by atoms with Crippen LogP contribution >= 0.6 is 0 Å². The number of nitrogens with zero attached hydrogens (tertiary/aromatic N) is 2. The fraction of sp³-hybridized carbons (Fsp3) is 0.864. The molecule has 0 bridgehead atoms. The van der Waals surface area contributed by atoms with Crippen LogP contribution in [-0.2, 0) is 0 Å². The molecule has 0 amide bonds. The van der Waals surface area contributed by atoms with Gasteiger partial charge in [0.25, 0.3) is 0 Å². The molecule has 2 atom stereocenters. The predicted octanol–water partition coefficient (Wildman–Crippen LogP) is 2.98. The van der Waals surface area contributed by atoms with Crippen molar-refractivity contribution in [2.24, 2.45) is 22.6 Å². The Kier molecular flexibility index (Phi) is 11.6. The van der Waals surface area contributed by atoms with Crippen molar-refractivity contribution in [1.29, 1.82) is 0 Å². The third-order valence-electron chi connectivity index (χ3n) is 6.50. The molecule has 2 unspecified atom stereocenters. The number of hydrazine groups is 1. The van der Waals surface area contributed by atoms with Crippen LogP contribution in [0.25, 0.3) is 0 Å². The summed E-state index contributed by atoms with van der Waals surface area (Å²) in [6, 6.07) is 0.744. The fourth-order valence-electron chi connectivity index (χ4n) is 4.45. The highest BCUT2D eigenvalue weighted by Gasteiger charge is 2.21. The zero-order valence-electron chi connectivity index (χ0n) is 18.3. The van der Waals surface area contributed by atoms with E-state index in [1.165, 1.54) is 64.5 Å². The van der Waals surface area contributed by atoms with Gasteiger partial charge in [0.05, 0.1) is 0 Å². The normalized spacial score (nSPS) is 25.9. The molecule has 6 heteroatoms. The Morgan fingerprint density at radius 1 is 1.11 bits per heavy atom. The zero-order chi connectivity index (χ0) is 20.0. The van der Waals surface area contributed by atoms with Gasteiger partial charge >= 0.3 is 0 Å². The summed E-state index contributed by atoms with van der Waals surface area (Å²) in [5, 5.41) is 3.66. The van der Waals surface area contributed by atoms with Gasteiger partial charge in [-0.15, -0.1) is 0 Å². The minimum absolute atomic E-state index is 0.581. The first-order chi connectivity index (χ1) is 13.7. The maximum absolute atomic E-state index is 6.01. The van der Waals surface area contributed by atoms with E-state index in [9.17, 15) is 0 Å². The van der Waals surface area contributed by atoms with Crippen LogP contribution in [0.1, 0.15) is 71.6 Å². The van der Waals surface area contributed by atoms with Gasteiger partial charge in [-0.3, -0.25) is 4.90 Å². The number of nitrogens with two attached hydrogens (primary N) is 1. The predicted molar refractivity (Wildman–Crippen MR) is 120 cm³/mol. The maximum atomic E-state index is 6.01. The van der Waals surface area contributed by atoms with E-state index in [0.717, 1.165) is 43.9 Å². The van der Waals surface area contributed by atoms with Crippen LogP contribution in [0.3, 0.4) is 0 Å². The van der Waals surface area contributed by atoms with Gasteiger partial charge in [0.15, 0.2) is 0 Å². The van der Waals surface area contributed by atoms with Crippen LogP contribution in [0.2, 0.25) is 0 Å². The Morgan fingerprint density at radius 2 is 1.89 bits per heavy atom. The number of hydrogen-bond donors (Lipinski definition) is 4. The van der Waals surface area contributed by atoms with Gasteiger partial charge in [-0.05, 0) is 69.7 Å². The van der Waals surface area contributed by atoms with Crippen LogP contribution in [0, 0.1) is 11.8 Å². The molecule has 1 heterocycles. The highest BCUT2D eigenvalue weighted by molar-refractivity contribution is 5.55. The first kappa shape index (κ1) is 23.2. The van der Waals surface area contributed by atoms with Crippen molar-refractivity contribution in [3.63, 3.8) is 0 Å². The lowest BCUT2D eigenvalue weighted by atomic mass is 9.88. The second kappa shape index (κ2) is 14.0. The average molecular weight is 393 g/mol. The Morgan fingerprint density at radius 3 is 2.68 bits per heavy atom. The standard InChI is InChI=1S/C22H44N6/c1-3-20-11-16-28(15-10-19(20)2)17-12-22(23)25-18-27-26-14-7-13-24-21-8-5-4-6-9-21/h12,18-21,24,26H,3-11,13-17,23H2,1-2H3,(H,25,27)/b22-12-. The van der Waals surface area contributed by atoms with Gasteiger partial charge in [-0.2, -0.15) is 0 Å². The SMILES string of the molecule is CCC1CCN(C/C=C(N)\N=C\NNCCCNC2CCCCC2)CCC1C. The van der Waals surface area contributed by atoms with Gasteiger partial charge in [0.2, 0.25) is 0 Å². The van der Waals surface area contributed by atoms with E-state index in [0.29, 0.717) is 5.82 Å². The van der Waals surface area contributed by atoms with E-state index >= 15 is 0 Å². The number of aliphatic imine (C=N–C) groups is 1. The summed E-state index contributed by atoms with van der Waals surface area (Å²) < 4.78 is 0. The molecule has 6 nitrogen and oxygen atoms in total. The molecule has 1 saturated carbocycles. The highest BCUT2D eigenvalue weighted by atomic mass is 15.4. The van der Waals surface area contributed by atoms with Gasteiger partial charge in [0, 0.05) is 19.1 Å². The molecule has 1 aliphatic heterocycles. The molecule has 162 valence electrons. The van der Waals surface area contributed by atoms with Crippen molar-refractivity contribution in [3.8, 4) is 0 Å². The molecule has 1 saturated heterocycles. The fourth-order valence-corrected chi connectivity index (χ4v) is 4.45. The van der Waals surface area contributed by atoms with E-state index in [4.69, 9.17) is 5.73 Å². The summed E-state index contributed by atoms with van der Waals surface area (Å²) in [5.41, 5.74) is 12.2. The minimum atomic E-state index is 0.581. The van der Waals surface area contributed by atoms with E-state index in [2.05, 4.69) is 39.9 Å². The lowest BCUT2D eigenvalue weighted by Gasteiger charge is -2.22. The molecule has 2 aliphatic rings. The monoisotopic (exact) mass is 392 g/mol. The van der Waals surface area contributed by atoms with Crippen molar-refractivity contribution in [2.75, 3.05) is 32.7 Å². The van der Waals surface area contributed by atoms with E-state index in [1.54, 1.807) is 6.34 Å². The molecule has 0 aromatic carbocycles. The third-order valence-corrected chi connectivity index (χ3v) is 6.50. The molecule has 28 heavy (non-hydrogen) atoms. The lowest BCUT2D eigenvalue weighted by Crippen LogP contribution is -2.36. The molecule has 0 spiro atoms. The molecular formula is C22H44N6. The van der Waals surface area contributed by atoms with Crippen LogP contribution < -0.4 is 21.9 Å². The van der Waals surface area contributed by atoms with Crippen LogP contribution in [0.15, 0.2) is 16.9 Å². The lowest BCUT2D eigenvalue weighted by molar-refractivity contribution is 0.308. The third kappa shape index (κ3) is 9.39. The summed E-state index contributed by atoms with van der Waals surface area (Å²) in [6.45, 7) is 9.94. The first-order valence-corrected chi connectivity index (χ1v) is 11.6. The number of likely N-dealkylation sites (tertiary alicyclic amines) is 1. The first-order valence-electron chi connectivity index (χ1n) is 11.6. The summed E-state index contributed by atoms with van der Waals surface area (Å²) >= 11 is 0. The van der Waals surface area contributed by atoms with Crippen molar-refractivity contribution in [2.45, 2.75) is 77.7 Å². The van der Waals surface area contributed by atoms with E-state index in [-0.39, 0.29) is 0 Å². The average Bonchev–Trinajstić information content (AvgIpc) is 2.90.